The minimum Gasteiger partial charge on any atom is -0.361 e. The van der Waals surface area contributed by atoms with Crippen LogP contribution in [0.25, 0.3) is 10.9 Å². The fourth-order valence-corrected chi connectivity index (χ4v) is 2.58. The topological polar surface area (TPSA) is 44.9 Å². The number of carbonyl (C=O) groups excluding carboxylic acids is 1. The monoisotopic (exact) mass is 314 g/mol. The zero-order valence-corrected chi connectivity index (χ0v) is 12.8. The molecule has 0 aliphatic carbocycles. The smallest absolute Gasteiger partial charge is 0.234 e. The van der Waals surface area contributed by atoms with Gasteiger partial charge >= 0.3 is 0 Å². The maximum atomic E-state index is 13.7. The fraction of sp³-hybridized carbons (Fsp3) is 0.167. The lowest BCUT2D eigenvalue weighted by Gasteiger charge is -2.23. The highest BCUT2D eigenvalue weighted by molar-refractivity contribution is 6.01. The molecule has 0 fully saturated rings. The van der Waals surface area contributed by atoms with Crippen LogP contribution in [0.3, 0.4) is 0 Å². The molecule has 1 amide bonds. The highest BCUT2D eigenvalue weighted by Gasteiger charge is 2.32. The molecule has 0 spiro atoms. The molecule has 3 aromatic rings. The average Bonchev–Trinajstić information content (AvgIpc) is 2.94. The number of aromatic nitrogens is 1. The number of aromatic amines is 1. The second-order valence-corrected chi connectivity index (χ2v) is 5.95. The molecule has 0 aliphatic heterocycles. The maximum Gasteiger partial charge on any atom is 0.234 e. The highest BCUT2D eigenvalue weighted by atomic mass is 19.1. The quantitative estimate of drug-likeness (QED) is 0.741. The molecule has 23 heavy (non-hydrogen) atoms. The van der Waals surface area contributed by atoms with Gasteiger partial charge in [0.2, 0.25) is 5.91 Å². The fourth-order valence-electron chi connectivity index (χ4n) is 2.58. The Morgan fingerprint density at radius 2 is 1.87 bits per heavy atom. The summed E-state index contributed by atoms with van der Waals surface area (Å²) in [5, 5.41) is 3.47. The van der Waals surface area contributed by atoms with Crippen molar-refractivity contribution >= 4 is 22.5 Å². The van der Waals surface area contributed by atoms with Gasteiger partial charge in [-0.3, -0.25) is 4.79 Å². The number of para-hydroxylation sites is 1. The molecule has 118 valence electrons. The first-order valence-corrected chi connectivity index (χ1v) is 7.22. The van der Waals surface area contributed by atoms with Crippen LogP contribution in [-0.2, 0) is 10.2 Å². The van der Waals surface area contributed by atoms with E-state index >= 15 is 0 Å². The van der Waals surface area contributed by atoms with Gasteiger partial charge in [-0.15, -0.1) is 0 Å². The molecule has 3 rings (SSSR count). The van der Waals surface area contributed by atoms with Crippen molar-refractivity contribution in [2.45, 2.75) is 19.3 Å². The summed E-state index contributed by atoms with van der Waals surface area (Å²) in [5.74, 6) is -1.85. The van der Waals surface area contributed by atoms with Crippen LogP contribution >= 0.6 is 0 Å². The van der Waals surface area contributed by atoms with Crippen molar-refractivity contribution in [2.24, 2.45) is 0 Å². The van der Waals surface area contributed by atoms with Crippen LogP contribution in [0.2, 0.25) is 0 Å². The largest absolute Gasteiger partial charge is 0.361 e. The zero-order valence-electron chi connectivity index (χ0n) is 12.8. The van der Waals surface area contributed by atoms with E-state index in [0.29, 0.717) is 0 Å². The van der Waals surface area contributed by atoms with E-state index in [4.69, 9.17) is 0 Å². The summed E-state index contributed by atoms with van der Waals surface area (Å²) in [5.41, 5.74) is 0.814. The molecule has 2 N–H and O–H groups in total. The number of hydrogen-bond acceptors (Lipinski definition) is 1. The molecule has 5 heteroatoms. The second kappa shape index (κ2) is 5.50. The lowest BCUT2D eigenvalue weighted by atomic mass is 9.83. The third-order valence-corrected chi connectivity index (χ3v) is 4.01. The Balaban J connectivity index is 1.94. The molecule has 0 aliphatic rings. The second-order valence-electron chi connectivity index (χ2n) is 5.95. The Bertz CT molecular complexity index is 884. The standard InChI is InChI=1S/C18H16F2N2O/c1-18(2,13-10-21-15-6-4-3-5-12(13)15)17(23)22-16-8-7-11(19)9-14(16)20/h3-10,21H,1-2H3,(H,22,23). The third-order valence-electron chi connectivity index (χ3n) is 4.01. The summed E-state index contributed by atoms with van der Waals surface area (Å²) in [7, 11) is 0. The number of amides is 1. The van der Waals surface area contributed by atoms with Gasteiger partial charge in [-0.1, -0.05) is 18.2 Å². The number of halogens is 2. The Morgan fingerprint density at radius 3 is 2.61 bits per heavy atom. The number of fused-ring (bicyclic) bond motifs is 1. The van der Waals surface area contributed by atoms with Crippen LogP contribution in [0.1, 0.15) is 19.4 Å². The van der Waals surface area contributed by atoms with Crippen molar-refractivity contribution in [3.05, 3.63) is 65.9 Å². The Morgan fingerprint density at radius 1 is 1.13 bits per heavy atom. The molecule has 0 unspecified atom stereocenters. The Hall–Kier alpha value is -2.69. The van der Waals surface area contributed by atoms with Gasteiger partial charge in [0.1, 0.15) is 11.6 Å². The van der Waals surface area contributed by atoms with Crippen molar-refractivity contribution < 1.29 is 13.6 Å². The van der Waals surface area contributed by atoms with E-state index in [1.807, 2.05) is 24.3 Å². The normalized spacial score (nSPS) is 11.7. The van der Waals surface area contributed by atoms with E-state index in [0.717, 1.165) is 28.6 Å². The van der Waals surface area contributed by atoms with Crippen molar-refractivity contribution in [2.75, 3.05) is 5.32 Å². The van der Waals surface area contributed by atoms with Gasteiger partial charge in [0.25, 0.3) is 0 Å². The van der Waals surface area contributed by atoms with Crippen LogP contribution in [-0.4, -0.2) is 10.9 Å². The summed E-state index contributed by atoms with van der Waals surface area (Å²) >= 11 is 0. The SMILES string of the molecule is CC(C)(C(=O)Nc1ccc(F)cc1F)c1c[nH]c2ccccc12. The van der Waals surface area contributed by atoms with Gasteiger partial charge in [0.05, 0.1) is 11.1 Å². The summed E-state index contributed by atoms with van der Waals surface area (Å²) in [6.45, 7) is 3.53. The van der Waals surface area contributed by atoms with Crippen molar-refractivity contribution in [1.82, 2.24) is 4.98 Å². The molecule has 0 saturated carbocycles. The number of nitrogens with one attached hydrogen (secondary N) is 2. The molecule has 1 aromatic heterocycles. The van der Waals surface area contributed by atoms with Crippen LogP contribution in [0.15, 0.2) is 48.7 Å². The number of anilines is 1. The van der Waals surface area contributed by atoms with Crippen LogP contribution < -0.4 is 5.32 Å². The van der Waals surface area contributed by atoms with Gasteiger partial charge < -0.3 is 10.3 Å². The predicted octanol–water partition coefficient (Wildman–Crippen LogP) is 4.36. The Labute approximate surface area is 132 Å². The van der Waals surface area contributed by atoms with E-state index in [-0.39, 0.29) is 11.6 Å². The molecule has 3 nitrogen and oxygen atoms in total. The molecular weight excluding hydrogens is 298 g/mol. The maximum absolute atomic E-state index is 13.7. The average molecular weight is 314 g/mol. The Kier molecular flexibility index (Phi) is 3.64. The van der Waals surface area contributed by atoms with E-state index in [1.165, 1.54) is 6.07 Å². The summed E-state index contributed by atoms with van der Waals surface area (Å²) in [6.07, 6.45) is 1.78. The first-order chi connectivity index (χ1) is 10.9. The van der Waals surface area contributed by atoms with Gasteiger partial charge in [-0.2, -0.15) is 0 Å². The highest BCUT2D eigenvalue weighted by Crippen LogP contribution is 2.31. The van der Waals surface area contributed by atoms with Crippen LogP contribution in [0.5, 0.6) is 0 Å². The molecule has 2 aromatic carbocycles. The minimum atomic E-state index is -0.888. The van der Waals surface area contributed by atoms with Crippen LogP contribution in [0.4, 0.5) is 14.5 Å². The predicted molar refractivity (Wildman–Crippen MR) is 86.3 cm³/mol. The molecule has 0 atom stereocenters. The lowest BCUT2D eigenvalue weighted by Crippen LogP contribution is -2.34. The number of H-pyrrole nitrogens is 1. The van der Waals surface area contributed by atoms with E-state index in [2.05, 4.69) is 10.3 Å². The van der Waals surface area contributed by atoms with Crippen LogP contribution in [0, 0.1) is 11.6 Å². The van der Waals surface area contributed by atoms with E-state index in [1.54, 1.807) is 20.0 Å². The first-order valence-electron chi connectivity index (χ1n) is 7.22. The lowest BCUT2D eigenvalue weighted by molar-refractivity contribution is -0.120. The van der Waals surface area contributed by atoms with Crippen molar-refractivity contribution in [3.63, 3.8) is 0 Å². The zero-order chi connectivity index (χ0) is 16.6. The summed E-state index contributed by atoms with van der Waals surface area (Å²) < 4.78 is 26.7. The molecule has 1 heterocycles. The molecular formula is C18H16F2N2O. The van der Waals surface area contributed by atoms with Gasteiger partial charge in [-0.25, -0.2) is 8.78 Å². The van der Waals surface area contributed by atoms with Gasteiger partial charge in [0, 0.05) is 23.2 Å². The van der Waals surface area contributed by atoms with Crippen molar-refractivity contribution in [3.8, 4) is 0 Å². The van der Waals surface area contributed by atoms with Crippen molar-refractivity contribution in [1.29, 1.82) is 0 Å². The van der Waals surface area contributed by atoms with E-state index < -0.39 is 17.0 Å². The number of hydrogen-bond donors (Lipinski definition) is 2. The minimum absolute atomic E-state index is 0.0377. The number of benzene rings is 2. The number of carbonyl (C=O) groups is 1. The van der Waals surface area contributed by atoms with Gasteiger partial charge in [-0.05, 0) is 37.6 Å². The first kappa shape index (κ1) is 15.2. The molecule has 0 saturated heterocycles. The number of rotatable bonds is 3. The summed E-state index contributed by atoms with van der Waals surface area (Å²) in [6, 6.07) is 10.7. The molecule has 0 radical (unpaired) electrons. The summed E-state index contributed by atoms with van der Waals surface area (Å²) in [4.78, 5) is 15.8. The van der Waals surface area contributed by atoms with E-state index in [9.17, 15) is 13.6 Å². The third kappa shape index (κ3) is 2.70. The molecule has 0 bridgehead atoms. The van der Waals surface area contributed by atoms with Gasteiger partial charge in [0.15, 0.2) is 0 Å².